The SMILES string of the molecule is CC(C)C(C(=O)NCC1CCSC1)C(N)=S. The quantitative estimate of drug-likeness (QED) is 0.734. The van der Waals surface area contributed by atoms with Gasteiger partial charge in [-0.15, -0.1) is 0 Å². The molecule has 1 rings (SSSR count). The van der Waals surface area contributed by atoms with Gasteiger partial charge in [-0.2, -0.15) is 11.8 Å². The molecule has 1 aliphatic rings. The molecule has 3 nitrogen and oxygen atoms in total. The Balaban J connectivity index is 2.39. The molecule has 1 aliphatic heterocycles. The molecule has 1 fully saturated rings. The van der Waals surface area contributed by atoms with Gasteiger partial charge >= 0.3 is 0 Å². The minimum Gasteiger partial charge on any atom is -0.393 e. The number of hydrogen-bond acceptors (Lipinski definition) is 3. The molecule has 2 unspecified atom stereocenters. The standard InChI is InChI=1S/C11H20N2OS2/c1-7(2)9(10(12)15)11(14)13-5-8-3-4-16-6-8/h7-9H,3-6H2,1-2H3,(H2,12,15)(H,13,14). The number of carbonyl (C=O) groups is 1. The van der Waals surface area contributed by atoms with Crippen LogP contribution in [-0.2, 0) is 4.79 Å². The van der Waals surface area contributed by atoms with Crippen LogP contribution in [0.5, 0.6) is 0 Å². The van der Waals surface area contributed by atoms with Gasteiger partial charge in [0.05, 0.1) is 10.9 Å². The second-order valence-electron chi connectivity index (χ2n) is 4.60. The Labute approximate surface area is 107 Å². The summed E-state index contributed by atoms with van der Waals surface area (Å²) in [5.74, 6) is 2.80. The fourth-order valence-corrected chi connectivity index (χ4v) is 3.52. The van der Waals surface area contributed by atoms with E-state index in [-0.39, 0.29) is 17.7 Å². The van der Waals surface area contributed by atoms with E-state index in [1.165, 1.54) is 12.2 Å². The molecule has 1 amide bonds. The normalized spacial score (nSPS) is 22.1. The molecule has 1 heterocycles. The van der Waals surface area contributed by atoms with Crippen molar-refractivity contribution in [1.82, 2.24) is 5.32 Å². The Morgan fingerprint density at radius 2 is 2.31 bits per heavy atom. The molecule has 0 aromatic rings. The Bertz CT molecular complexity index is 263. The third-order valence-corrected chi connectivity index (χ3v) is 4.33. The van der Waals surface area contributed by atoms with E-state index in [0.717, 1.165) is 12.3 Å². The lowest BCUT2D eigenvalue weighted by Gasteiger charge is -2.20. The van der Waals surface area contributed by atoms with Gasteiger partial charge in [0.15, 0.2) is 0 Å². The van der Waals surface area contributed by atoms with E-state index >= 15 is 0 Å². The van der Waals surface area contributed by atoms with Crippen molar-refractivity contribution in [2.24, 2.45) is 23.5 Å². The van der Waals surface area contributed by atoms with Crippen LogP contribution in [0.25, 0.3) is 0 Å². The molecule has 5 heteroatoms. The number of carbonyl (C=O) groups excluding carboxylic acids is 1. The van der Waals surface area contributed by atoms with Gasteiger partial charge in [-0.1, -0.05) is 26.1 Å². The molecule has 0 aromatic heterocycles. The Morgan fingerprint density at radius 1 is 1.62 bits per heavy atom. The fraction of sp³-hybridized carbons (Fsp3) is 0.818. The molecule has 2 atom stereocenters. The van der Waals surface area contributed by atoms with Crippen molar-refractivity contribution in [1.29, 1.82) is 0 Å². The molecule has 0 aliphatic carbocycles. The van der Waals surface area contributed by atoms with E-state index < -0.39 is 0 Å². The van der Waals surface area contributed by atoms with Crippen molar-refractivity contribution in [2.75, 3.05) is 18.1 Å². The van der Waals surface area contributed by atoms with Crippen molar-refractivity contribution in [3.8, 4) is 0 Å². The summed E-state index contributed by atoms with van der Waals surface area (Å²) in [5, 5.41) is 2.97. The highest BCUT2D eigenvalue weighted by Crippen LogP contribution is 2.22. The lowest BCUT2D eigenvalue weighted by atomic mass is 9.94. The van der Waals surface area contributed by atoms with Crippen molar-refractivity contribution in [3.05, 3.63) is 0 Å². The number of amides is 1. The molecule has 92 valence electrons. The number of thiocarbonyl (C=S) groups is 1. The second kappa shape index (κ2) is 6.45. The molecule has 0 spiro atoms. The van der Waals surface area contributed by atoms with Crippen LogP contribution >= 0.6 is 24.0 Å². The lowest BCUT2D eigenvalue weighted by Crippen LogP contribution is -2.42. The molecule has 0 aromatic carbocycles. The van der Waals surface area contributed by atoms with E-state index in [1.54, 1.807) is 0 Å². The van der Waals surface area contributed by atoms with Gasteiger partial charge in [-0.3, -0.25) is 4.79 Å². The van der Waals surface area contributed by atoms with E-state index in [4.69, 9.17) is 18.0 Å². The summed E-state index contributed by atoms with van der Waals surface area (Å²) in [4.78, 5) is 12.2. The highest BCUT2D eigenvalue weighted by atomic mass is 32.2. The highest BCUT2D eigenvalue weighted by Gasteiger charge is 2.25. The molecule has 0 radical (unpaired) electrons. The van der Waals surface area contributed by atoms with E-state index in [2.05, 4.69) is 5.32 Å². The zero-order valence-electron chi connectivity index (χ0n) is 9.86. The van der Waals surface area contributed by atoms with Gasteiger partial charge in [-0.05, 0) is 29.8 Å². The average molecular weight is 260 g/mol. The highest BCUT2D eigenvalue weighted by molar-refractivity contribution is 7.99. The summed E-state index contributed by atoms with van der Waals surface area (Å²) >= 11 is 6.88. The topological polar surface area (TPSA) is 55.1 Å². The summed E-state index contributed by atoms with van der Waals surface area (Å²) in [7, 11) is 0. The number of hydrogen-bond donors (Lipinski definition) is 2. The largest absolute Gasteiger partial charge is 0.393 e. The minimum atomic E-state index is -0.330. The first-order chi connectivity index (χ1) is 7.52. The number of rotatable bonds is 5. The minimum absolute atomic E-state index is 0.0144. The third kappa shape index (κ3) is 3.94. The first-order valence-electron chi connectivity index (χ1n) is 5.67. The summed E-state index contributed by atoms with van der Waals surface area (Å²) < 4.78 is 0. The first-order valence-corrected chi connectivity index (χ1v) is 7.23. The van der Waals surface area contributed by atoms with Crippen LogP contribution in [-0.4, -0.2) is 28.9 Å². The summed E-state index contributed by atoms with van der Waals surface area (Å²) in [6, 6.07) is 0. The van der Waals surface area contributed by atoms with Gasteiger partial charge in [0, 0.05) is 6.54 Å². The van der Waals surface area contributed by atoms with Crippen LogP contribution < -0.4 is 11.1 Å². The molecule has 16 heavy (non-hydrogen) atoms. The lowest BCUT2D eigenvalue weighted by molar-refractivity contribution is -0.124. The maximum Gasteiger partial charge on any atom is 0.230 e. The zero-order valence-corrected chi connectivity index (χ0v) is 11.5. The summed E-state index contributed by atoms with van der Waals surface area (Å²) in [6.45, 7) is 4.70. The third-order valence-electron chi connectivity index (χ3n) is 2.84. The summed E-state index contributed by atoms with van der Waals surface area (Å²) in [6.07, 6.45) is 1.20. The van der Waals surface area contributed by atoms with Gasteiger partial charge in [-0.25, -0.2) is 0 Å². The van der Waals surface area contributed by atoms with Crippen LogP contribution in [0.1, 0.15) is 20.3 Å². The number of thioether (sulfide) groups is 1. The maximum absolute atomic E-state index is 11.9. The predicted octanol–water partition coefficient (Wildman–Crippen LogP) is 1.41. The van der Waals surface area contributed by atoms with Crippen LogP contribution in [0.15, 0.2) is 0 Å². The van der Waals surface area contributed by atoms with E-state index in [0.29, 0.717) is 10.9 Å². The smallest absolute Gasteiger partial charge is 0.230 e. The summed E-state index contributed by atoms with van der Waals surface area (Å²) in [5.41, 5.74) is 5.59. The van der Waals surface area contributed by atoms with E-state index in [1.807, 2.05) is 25.6 Å². The monoisotopic (exact) mass is 260 g/mol. The Kier molecular flexibility index (Phi) is 5.55. The van der Waals surface area contributed by atoms with Gasteiger partial charge < -0.3 is 11.1 Å². The van der Waals surface area contributed by atoms with Crippen LogP contribution in [0.4, 0.5) is 0 Å². The van der Waals surface area contributed by atoms with Gasteiger partial charge in [0.1, 0.15) is 0 Å². The number of nitrogens with two attached hydrogens (primary N) is 1. The predicted molar refractivity (Wildman–Crippen MR) is 73.6 cm³/mol. The van der Waals surface area contributed by atoms with Crippen LogP contribution in [0, 0.1) is 17.8 Å². The molecular weight excluding hydrogens is 240 g/mol. The van der Waals surface area contributed by atoms with Crippen molar-refractivity contribution < 1.29 is 4.79 Å². The van der Waals surface area contributed by atoms with Crippen molar-refractivity contribution in [2.45, 2.75) is 20.3 Å². The van der Waals surface area contributed by atoms with Crippen LogP contribution in [0.3, 0.4) is 0 Å². The molecule has 0 saturated carbocycles. The van der Waals surface area contributed by atoms with Crippen molar-refractivity contribution >= 4 is 34.9 Å². The maximum atomic E-state index is 11.9. The molecule has 1 saturated heterocycles. The number of nitrogens with one attached hydrogen (secondary N) is 1. The van der Waals surface area contributed by atoms with E-state index in [9.17, 15) is 4.79 Å². The first kappa shape index (κ1) is 13.8. The fourth-order valence-electron chi connectivity index (χ4n) is 1.86. The zero-order chi connectivity index (χ0) is 12.1. The van der Waals surface area contributed by atoms with Gasteiger partial charge in [0.2, 0.25) is 5.91 Å². The average Bonchev–Trinajstić information content (AvgIpc) is 2.65. The molecule has 0 bridgehead atoms. The van der Waals surface area contributed by atoms with Crippen molar-refractivity contribution in [3.63, 3.8) is 0 Å². The Hall–Kier alpha value is -0.290. The van der Waals surface area contributed by atoms with Gasteiger partial charge in [0.25, 0.3) is 0 Å². The molecule has 3 N–H and O–H groups in total. The second-order valence-corrected chi connectivity index (χ2v) is 6.22. The molecular formula is C11H20N2OS2. The van der Waals surface area contributed by atoms with Crippen LogP contribution in [0.2, 0.25) is 0 Å². The Morgan fingerprint density at radius 3 is 2.75 bits per heavy atom.